The minimum atomic E-state index is -0.507. The molecule has 0 amide bonds. The summed E-state index contributed by atoms with van der Waals surface area (Å²) in [7, 11) is 0. The van der Waals surface area contributed by atoms with E-state index in [0.29, 0.717) is 4.99 Å². The first-order valence-corrected chi connectivity index (χ1v) is 8.39. The number of terminal acetylenes is 1. The van der Waals surface area contributed by atoms with Crippen molar-refractivity contribution in [1.29, 1.82) is 0 Å². The SMILES string of the molecule is C#CC(C)(C)NC(=S)C(CC)Oc1ccc2ccc(CO)cc2c1. The molecule has 0 spiro atoms. The van der Waals surface area contributed by atoms with E-state index in [9.17, 15) is 5.11 Å². The summed E-state index contributed by atoms with van der Waals surface area (Å²) in [6.45, 7) is 5.84. The van der Waals surface area contributed by atoms with Gasteiger partial charge < -0.3 is 15.2 Å². The molecule has 0 bridgehead atoms. The van der Waals surface area contributed by atoms with Gasteiger partial charge >= 0.3 is 0 Å². The molecule has 0 radical (unpaired) electrons. The average molecular weight is 341 g/mol. The van der Waals surface area contributed by atoms with Crippen molar-refractivity contribution in [3.8, 4) is 18.1 Å². The highest BCUT2D eigenvalue weighted by atomic mass is 32.1. The van der Waals surface area contributed by atoms with Crippen molar-refractivity contribution in [3.05, 3.63) is 42.0 Å². The predicted molar refractivity (Wildman–Crippen MR) is 103 cm³/mol. The van der Waals surface area contributed by atoms with Gasteiger partial charge in [0, 0.05) is 0 Å². The molecule has 24 heavy (non-hydrogen) atoms. The van der Waals surface area contributed by atoms with E-state index in [2.05, 4.69) is 11.2 Å². The minimum Gasteiger partial charge on any atom is -0.483 e. The second kappa shape index (κ2) is 7.65. The third-order valence-corrected chi connectivity index (χ3v) is 4.16. The molecule has 0 saturated heterocycles. The predicted octanol–water partition coefficient (Wildman–Crippen LogP) is 3.82. The van der Waals surface area contributed by atoms with Crippen LogP contribution in [0.15, 0.2) is 36.4 Å². The van der Waals surface area contributed by atoms with Crippen LogP contribution >= 0.6 is 12.2 Å². The number of ether oxygens (including phenoxy) is 1. The maximum absolute atomic E-state index is 9.28. The van der Waals surface area contributed by atoms with Crippen molar-refractivity contribution < 1.29 is 9.84 Å². The lowest BCUT2D eigenvalue weighted by atomic mass is 10.1. The first-order chi connectivity index (χ1) is 11.4. The maximum Gasteiger partial charge on any atom is 0.148 e. The zero-order valence-corrected chi connectivity index (χ0v) is 15.1. The smallest absolute Gasteiger partial charge is 0.148 e. The van der Waals surface area contributed by atoms with Crippen molar-refractivity contribution in [2.45, 2.75) is 45.4 Å². The van der Waals surface area contributed by atoms with Gasteiger partial charge in [-0.25, -0.2) is 0 Å². The van der Waals surface area contributed by atoms with Crippen molar-refractivity contribution in [2.24, 2.45) is 0 Å². The highest BCUT2D eigenvalue weighted by molar-refractivity contribution is 7.80. The minimum absolute atomic E-state index is 0.0216. The van der Waals surface area contributed by atoms with E-state index >= 15 is 0 Å². The number of hydrogen-bond acceptors (Lipinski definition) is 3. The van der Waals surface area contributed by atoms with E-state index in [-0.39, 0.29) is 12.7 Å². The summed E-state index contributed by atoms with van der Waals surface area (Å²) in [6, 6.07) is 11.8. The van der Waals surface area contributed by atoms with Crippen LogP contribution in [-0.2, 0) is 6.61 Å². The summed E-state index contributed by atoms with van der Waals surface area (Å²) in [6.07, 6.45) is 6.00. The van der Waals surface area contributed by atoms with Crippen molar-refractivity contribution in [1.82, 2.24) is 5.32 Å². The van der Waals surface area contributed by atoms with Gasteiger partial charge in [-0.2, -0.15) is 0 Å². The van der Waals surface area contributed by atoms with Crippen molar-refractivity contribution in [2.75, 3.05) is 0 Å². The molecule has 0 fully saturated rings. The number of nitrogens with one attached hydrogen (secondary N) is 1. The highest BCUT2D eigenvalue weighted by Crippen LogP contribution is 2.23. The average Bonchev–Trinajstić information content (AvgIpc) is 2.58. The van der Waals surface area contributed by atoms with E-state index in [1.165, 1.54) is 0 Å². The Balaban J connectivity index is 2.20. The molecule has 0 saturated carbocycles. The fourth-order valence-electron chi connectivity index (χ4n) is 2.36. The largest absolute Gasteiger partial charge is 0.483 e. The Morgan fingerprint density at radius 3 is 2.62 bits per heavy atom. The number of thiocarbonyl (C=S) groups is 1. The van der Waals surface area contributed by atoms with E-state index in [4.69, 9.17) is 23.4 Å². The van der Waals surface area contributed by atoms with Crippen molar-refractivity contribution in [3.63, 3.8) is 0 Å². The van der Waals surface area contributed by atoms with Crippen LogP contribution < -0.4 is 10.1 Å². The lowest BCUT2D eigenvalue weighted by molar-refractivity contribution is 0.259. The molecule has 2 rings (SSSR count). The van der Waals surface area contributed by atoms with Crippen LogP contribution in [-0.4, -0.2) is 21.7 Å². The molecule has 1 unspecified atom stereocenters. The summed E-state index contributed by atoms with van der Waals surface area (Å²) in [5.74, 6) is 3.42. The van der Waals surface area contributed by atoms with E-state index in [0.717, 1.165) is 28.5 Å². The summed E-state index contributed by atoms with van der Waals surface area (Å²) < 4.78 is 6.06. The van der Waals surface area contributed by atoms with Gasteiger partial charge in [0.2, 0.25) is 0 Å². The zero-order chi connectivity index (χ0) is 17.7. The molecule has 3 nitrogen and oxygen atoms in total. The Kier molecular flexibility index (Phi) is 5.82. The van der Waals surface area contributed by atoms with Gasteiger partial charge in [0.15, 0.2) is 0 Å². The second-order valence-corrected chi connectivity index (χ2v) is 6.71. The highest BCUT2D eigenvalue weighted by Gasteiger charge is 2.21. The van der Waals surface area contributed by atoms with E-state index in [1.807, 2.05) is 57.2 Å². The van der Waals surface area contributed by atoms with E-state index in [1.54, 1.807) is 0 Å². The summed E-state index contributed by atoms with van der Waals surface area (Å²) in [5.41, 5.74) is 0.368. The van der Waals surface area contributed by atoms with Crippen LogP contribution in [0, 0.1) is 12.3 Å². The van der Waals surface area contributed by atoms with Gasteiger partial charge in [0.05, 0.1) is 12.1 Å². The Morgan fingerprint density at radius 2 is 2.00 bits per heavy atom. The standard InChI is InChI=1S/C20H23NO2S/c1-5-18(19(24)21-20(3,4)6-2)23-17-10-9-15-8-7-14(13-22)11-16(15)12-17/h2,7-12,18,22H,5,13H2,1,3-4H3,(H,21,24). The lowest BCUT2D eigenvalue weighted by Gasteiger charge is -2.26. The van der Waals surface area contributed by atoms with Gasteiger partial charge in [-0.05, 0) is 54.8 Å². The van der Waals surface area contributed by atoms with E-state index < -0.39 is 5.54 Å². The Hall–Kier alpha value is -2.09. The molecule has 0 aliphatic carbocycles. The lowest BCUT2D eigenvalue weighted by Crippen LogP contribution is -2.47. The topological polar surface area (TPSA) is 41.5 Å². The summed E-state index contributed by atoms with van der Waals surface area (Å²) >= 11 is 5.46. The first-order valence-electron chi connectivity index (χ1n) is 7.98. The Labute approximate surface area is 149 Å². The normalized spacial score (nSPS) is 12.5. The number of fused-ring (bicyclic) bond motifs is 1. The third kappa shape index (κ3) is 4.47. The number of aliphatic hydroxyl groups is 1. The number of aliphatic hydroxyl groups excluding tert-OH is 1. The molecule has 2 aromatic rings. The number of benzene rings is 2. The maximum atomic E-state index is 9.28. The molecule has 2 N–H and O–H groups in total. The van der Waals surface area contributed by atoms with Gasteiger partial charge in [0.25, 0.3) is 0 Å². The molecule has 2 aromatic carbocycles. The number of hydrogen-bond donors (Lipinski definition) is 2. The molecular weight excluding hydrogens is 318 g/mol. The molecule has 0 heterocycles. The van der Waals surface area contributed by atoms with Gasteiger partial charge in [-0.3, -0.25) is 0 Å². The first kappa shape index (κ1) is 18.3. The molecule has 0 aliphatic rings. The summed E-state index contributed by atoms with van der Waals surface area (Å²) in [5, 5.41) is 14.6. The van der Waals surface area contributed by atoms with Crippen LogP contribution in [0.1, 0.15) is 32.8 Å². The second-order valence-electron chi connectivity index (χ2n) is 6.27. The van der Waals surface area contributed by atoms with Gasteiger partial charge in [-0.1, -0.05) is 43.3 Å². The summed E-state index contributed by atoms with van der Waals surface area (Å²) in [4.78, 5) is 0.602. The fraction of sp³-hybridized carbons (Fsp3) is 0.350. The Morgan fingerprint density at radius 1 is 1.29 bits per heavy atom. The van der Waals surface area contributed by atoms with Crippen LogP contribution in [0.4, 0.5) is 0 Å². The van der Waals surface area contributed by atoms with Crippen LogP contribution in [0.5, 0.6) is 5.75 Å². The van der Waals surface area contributed by atoms with Crippen molar-refractivity contribution >= 4 is 28.0 Å². The molecule has 126 valence electrons. The Bertz CT molecular complexity index is 777. The fourth-order valence-corrected chi connectivity index (χ4v) is 2.83. The molecular formula is C20H23NO2S. The monoisotopic (exact) mass is 341 g/mol. The molecule has 0 aromatic heterocycles. The van der Waals surface area contributed by atoms with Gasteiger partial charge in [-0.15, -0.1) is 6.42 Å². The van der Waals surface area contributed by atoms with Crippen LogP contribution in [0.25, 0.3) is 10.8 Å². The van der Waals surface area contributed by atoms with Crippen LogP contribution in [0.2, 0.25) is 0 Å². The molecule has 1 atom stereocenters. The quantitative estimate of drug-likeness (QED) is 0.619. The molecule has 0 aliphatic heterocycles. The molecule has 4 heteroatoms. The number of rotatable bonds is 6. The zero-order valence-electron chi connectivity index (χ0n) is 14.3. The third-order valence-electron chi connectivity index (χ3n) is 3.80. The van der Waals surface area contributed by atoms with Crippen LogP contribution in [0.3, 0.4) is 0 Å². The van der Waals surface area contributed by atoms with Gasteiger partial charge in [0.1, 0.15) is 16.8 Å².